The van der Waals surface area contributed by atoms with E-state index in [0.717, 1.165) is 23.9 Å². The standard InChI is InChI=1S/C11H18BrN3O/c1-8-5-9(2)14-11(13-8)15(3)6-10(12)7-16-4/h5,10H,6-7H2,1-4H3. The van der Waals surface area contributed by atoms with Crippen LogP contribution in [0.1, 0.15) is 11.4 Å². The second-order valence-electron chi connectivity index (χ2n) is 3.88. The van der Waals surface area contributed by atoms with Crippen molar-refractivity contribution in [3.05, 3.63) is 17.5 Å². The molecule has 0 amide bonds. The van der Waals surface area contributed by atoms with Crippen LogP contribution < -0.4 is 4.90 Å². The number of ether oxygens (including phenoxy) is 1. The van der Waals surface area contributed by atoms with Crippen molar-refractivity contribution in [3.8, 4) is 0 Å². The Bertz CT molecular complexity index is 326. The Morgan fingerprint density at radius 2 is 1.94 bits per heavy atom. The average Bonchev–Trinajstić information content (AvgIpc) is 2.16. The molecule has 0 saturated carbocycles. The lowest BCUT2D eigenvalue weighted by Gasteiger charge is -2.20. The van der Waals surface area contributed by atoms with Crippen molar-refractivity contribution < 1.29 is 4.74 Å². The summed E-state index contributed by atoms with van der Waals surface area (Å²) in [5, 5.41) is 0. The summed E-state index contributed by atoms with van der Waals surface area (Å²) in [6.07, 6.45) is 0. The van der Waals surface area contributed by atoms with E-state index in [1.807, 2.05) is 31.9 Å². The molecule has 1 rings (SSSR count). The van der Waals surface area contributed by atoms with Crippen LogP contribution in [-0.4, -0.2) is 42.1 Å². The van der Waals surface area contributed by atoms with Crippen LogP contribution in [0.5, 0.6) is 0 Å². The van der Waals surface area contributed by atoms with Gasteiger partial charge in [-0.05, 0) is 19.9 Å². The van der Waals surface area contributed by atoms with Gasteiger partial charge in [-0.2, -0.15) is 0 Å². The van der Waals surface area contributed by atoms with E-state index in [0.29, 0.717) is 6.61 Å². The second-order valence-corrected chi connectivity index (χ2v) is 5.18. The van der Waals surface area contributed by atoms with Crippen molar-refractivity contribution in [3.63, 3.8) is 0 Å². The quantitative estimate of drug-likeness (QED) is 0.776. The van der Waals surface area contributed by atoms with Gasteiger partial charge in [0.2, 0.25) is 5.95 Å². The highest BCUT2D eigenvalue weighted by Gasteiger charge is 2.11. The topological polar surface area (TPSA) is 38.2 Å². The number of rotatable bonds is 5. The molecule has 0 fully saturated rings. The first-order valence-corrected chi connectivity index (χ1v) is 6.11. The summed E-state index contributed by atoms with van der Waals surface area (Å²) in [4.78, 5) is 11.1. The summed E-state index contributed by atoms with van der Waals surface area (Å²) in [6, 6.07) is 1.97. The fourth-order valence-corrected chi connectivity index (χ4v) is 2.19. The smallest absolute Gasteiger partial charge is 0.225 e. The molecule has 0 aliphatic heterocycles. The monoisotopic (exact) mass is 287 g/mol. The summed E-state index contributed by atoms with van der Waals surface area (Å²) >= 11 is 3.55. The molecule has 0 saturated heterocycles. The molecule has 1 aromatic rings. The fraction of sp³-hybridized carbons (Fsp3) is 0.636. The van der Waals surface area contributed by atoms with Crippen LogP contribution in [0, 0.1) is 13.8 Å². The van der Waals surface area contributed by atoms with Gasteiger partial charge in [0.15, 0.2) is 0 Å². The number of anilines is 1. The molecule has 1 atom stereocenters. The lowest BCUT2D eigenvalue weighted by Crippen LogP contribution is -2.29. The van der Waals surface area contributed by atoms with Crippen LogP contribution in [0.2, 0.25) is 0 Å². The van der Waals surface area contributed by atoms with Crippen LogP contribution in [0.3, 0.4) is 0 Å². The van der Waals surface area contributed by atoms with Crippen molar-refractivity contribution in [2.24, 2.45) is 0 Å². The van der Waals surface area contributed by atoms with Crippen molar-refractivity contribution >= 4 is 21.9 Å². The summed E-state index contributed by atoms with van der Waals surface area (Å²) in [7, 11) is 3.68. The zero-order valence-electron chi connectivity index (χ0n) is 10.2. The first kappa shape index (κ1) is 13.4. The molecule has 5 heteroatoms. The molecule has 0 spiro atoms. The highest BCUT2D eigenvalue weighted by molar-refractivity contribution is 9.09. The lowest BCUT2D eigenvalue weighted by atomic mass is 10.3. The number of hydrogen-bond acceptors (Lipinski definition) is 4. The SMILES string of the molecule is COCC(Br)CN(C)c1nc(C)cc(C)n1. The number of nitrogens with zero attached hydrogens (tertiary/aromatic N) is 3. The number of aryl methyl sites for hydroxylation is 2. The van der Waals surface area contributed by atoms with E-state index >= 15 is 0 Å². The normalized spacial score (nSPS) is 12.6. The third-order valence-corrected chi connectivity index (χ3v) is 2.69. The van der Waals surface area contributed by atoms with Crippen molar-refractivity contribution in [1.29, 1.82) is 0 Å². The fourth-order valence-electron chi connectivity index (χ4n) is 1.49. The van der Waals surface area contributed by atoms with Gasteiger partial charge in [-0.15, -0.1) is 0 Å². The van der Waals surface area contributed by atoms with Gasteiger partial charge >= 0.3 is 0 Å². The Balaban J connectivity index is 2.68. The van der Waals surface area contributed by atoms with Gasteiger partial charge in [0.05, 0.1) is 11.4 Å². The third kappa shape index (κ3) is 4.06. The molecule has 0 aliphatic rings. The zero-order chi connectivity index (χ0) is 12.1. The molecule has 90 valence electrons. The molecule has 0 aliphatic carbocycles. The lowest BCUT2D eigenvalue weighted by molar-refractivity contribution is 0.201. The maximum Gasteiger partial charge on any atom is 0.225 e. The van der Waals surface area contributed by atoms with Crippen molar-refractivity contribution in [2.45, 2.75) is 18.7 Å². The minimum absolute atomic E-state index is 0.284. The highest BCUT2D eigenvalue weighted by atomic mass is 79.9. The molecular weight excluding hydrogens is 270 g/mol. The molecule has 16 heavy (non-hydrogen) atoms. The molecule has 0 N–H and O–H groups in total. The van der Waals surface area contributed by atoms with E-state index in [9.17, 15) is 0 Å². The maximum atomic E-state index is 5.07. The minimum atomic E-state index is 0.284. The Morgan fingerprint density at radius 3 is 2.44 bits per heavy atom. The molecule has 0 bridgehead atoms. The largest absolute Gasteiger partial charge is 0.383 e. The predicted octanol–water partition coefficient (Wildman–Crippen LogP) is 1.94. The Kier molecular flexibility index (Phi) is 5.15. The third-order valence-electron chi connectivity index (χ3n) is 2.13. The van der Waals surface area contributed by atoms with Gasteiger partial charge in [-0.3, -0.25) is 0 Å². The number of hydrogen-bond donors (Lipinski definition) is 0. The van der Waals surface area contributed by atoms with Gasteiger partial charge in [-0.25, -0.2) is 9.97 Å². The Labute approximate surface area is 105 Å². The summed E-state index contributed by atoms with van der Waals surface area (Å²) in [5.41, 5.74) is 1.99. The minimum Gasteiger partial charge on any atom is -0.383 e. The van der Waals surface area contributed by atoms with Crippen LogP contribution in [0.15, 0.2) is 6.07 Å². The second kappa shape index (κ2) is 6.15. The van der Waals surface area contributed by atoms with Gasteiger partial charge in [0.1, 0.15) is 0 Å². The van der Waals surface area contributed by atoms with Crippen molar-refractivity contribution in [2.75, 3.05) is 32.2 Å². The molecule has 4 nitrogen and oxygen atoms in total. The van der Waals surface area contributed by atoms with Gasteiger partial charge in [0.25, 0.3) is 0 Å². The number of alkyl halides is 1. The van der Waals surface area contributed by atoms with Crippen LogP contribution in [0.4, 0.5) is 5.95 Å². The summed E-state index contributed by atoms with van der Waals surface area (Å²) < 4.78 is 5.07. The maximum absolute atomic E-state index is 5.07. The van der Waals surface area contributed by atoms with E-state index in [1.54, 1.807) is 7.11 Å². The summed E-state index contributed by atoms with van der Waals surface area (Å²) in [6.45, 7) is 5.45. The molecular formula is C11H18BrN3O. The zero-order valence-corrected chi connectivity index (χ0v) is 11.8. The van der Waals surface area contributed by atoms with Gasteiger partial charge in [0, 0.05) is 32.1 Å². The van der Waals surface area contributed by atoms with E-state index in [4.69, 9.17) is 4.74 Å². The first-order chi connectivity index (χ1) is 7.52. The first-order valence-electron chi connectivity index (χ1n) is 5.19. The van der Waals surface area contributed by atoms with Gasteiger partial charge < -0.3 is 9.64 Å². The van der Waals surface area contributed by atoms with E-state index in [-0.39, 0.29) is 4.83 Å². The highest BCUT2D eigenvalue weighted by Crippen LogP contribution is 2.11. The van der Waals surface area contributed by atoms with Gasteiger partial charge in [-0.1, -0.05) is 15.9 Å². The average molecular weight is 288 g/mol. The van der Waals surface area contributed by atoms with E-state index in [2.05, 4.69) is 25.9 Å². The van der Waals surface area contributed by atoms with Crippen LogP contribution >= 0.6 is 15.9 Å². The molecule has 1 heterocycles. The molecule has 0 radical (unpaired) electrons. The van der Waals surface area contributed by atoms with Crippen LogP contribution in [0.25, 0.3) is 0 Å². The molecule has 1 aromatic heterocycles. The Morgan fingerprint density at radius 1 is 1.38 bits per heavy atom. The number of halogens is 1. The molecule has 1 unspecified atom stereocenters. The summed E-state index contributed by atoms with van der Waals surface area (Å²) in [5.74, 6) is 0.762. The number of methoxy groups -OCH3 is 1. The van der Waals surface area contributed by atoms with Crippen LogP contribution in [-0.2, 0) is 4.74 Å². The molecule has 0 aromatic carbocycles. The predicted molar refractivity (Wildman–Crippen MR) is 69.4 cm³/mol. The Hall–Kier alpha value is -0.680. The van der Waals surface area contributed by atoms with Crippen molar-refractivity contribution in [1.82, 2.24) is 9.97 Å². The van der Waals surface area contributed by atoms with E-state index < -0.39 is 0 Å². The van der Waals surface area contributed by atoms with E-state index in [1.165, 1.54) is 0 Å². The number of aromatic nitrogens is 2.